The van der Waals surface area contributed by atoms with Crippen molar-refractivity contribution < 1.29 is 14.6 Å². The Morgan fingerprint density at radius 3 is 2.18 bits per heavy atom. The lowest BCUT2D eigenvalue weighted by Crippen LogP contribution is -2.29. The number of carboxylic acids is 1. The fraction of sp³-hybridized carbons (Fsp3) is 0.500. The summed E-state index contributed by atoms with van der Waals surface area (Å²) in [7, 11) is 1.64. The molecular weight excluding hydrogens is 216 g/mol. The molecule has 0 aliphatic carbocycles. The van der Waals surface area contributed by atoms with E-state index in [-0.39, 0.29) is 0 Å². The van der Waals surface area contributed by atoms with Gasteiger partial charge < -0.3 is 9.84 Å². The van der Waals surface area contributed by atoms with E-state index in [0.29, 0.717) is 0 Å². The Hall–Kier alpha value is -1.51. The summed E-state index contributed by atoms with van der Waals surface area (Å²) in [5, 5.41) is 9.30. The number of methoxy groups -OCH3 is 1. The van der Waals surface area contributed by atoms with E-state index < -0.39 is 11.4 Å². The fourth-order valence-electron chi connectivity index (χ4n) is 2.14. The lowest BCUT2D eigenvalue weighted by atomic mass is 9.80. The molecule has 0 unspecified atom stereocenters. The lowest BCUT2D eigenvalue weighted by molar-refractivity contribution is -0.142. The van der Waals surface area contributed by atoms with Crippen molar-refractivity contribution in [2.75, 3.05) is 7.11 Å². The first-order valence-corrected chi connectivity index (χ1v) is 5.62. The predicted molar refractivity (Wildman–Crippen MR) is 67.9 cm³/mol. The van der Waals surface area contributed by atoms with Crippen molar-refractivity contribution >= 4 is 5.97 Å². The zero-order valence-corrected chi connectivity index (χ0v) is 11.3. The van der Waals surface area contributed by atoms with Crippen LogP contribution in [0.5, 0.6) is 5.75 Å². The first kappa shape index (κ1) is 13.6. The average Bonchev–Trinajstić information content (AvgIpc) is 2.23. The summed E-state index contributed by atoms with van der Waals surface area (Å²) in [6, 6.07) is 1.91. The van der Waals surface area contributed by atoms with Gasteiger partial charge in [-0.25, -0.2) is 0 Å². The molecule has 0 aliphatic rings. The van der Waals surface area contributed by atoms with Gasteiger partial charge in [0.05, 0.1) is 12.5 Å². The molecule has 0 aromatic heterocycles. The zero-order valence-electron chi connectivity index (χ0n) is 11.3. The highest BCUT2D eigenvalue weighted by Gasteiger charge is 2.32. The molecule has 1 aromatic rings. The highest BCUT2D eigenvalue weighted by molar-refractivity contribution is 5.81. The third-order valence-electron chi connectivity index (χ3n) is 3.44. The molecule has 0 saturated carbocycles. The highest BCUT2D eigenvalue weighted by Crippen LogP contribution is 2.35. The Labute approximate surface area is 102 Å². The molecule has 0 heterocycles. The van der Waals surface area contributed by atoms with Gasteiger partial charge in [-0.05, 0) is 56.9 Å². The molecule has 1 aromatic carbocycles. The Morgan fingerprint density at radius 2 is 1.76 bits per heavy atom. The summed E-state index contributed by atoms with van der Waals surface area (Å²) >= 11 is 0. The minimum Gasteiger partial charge on any atom is -0.496 e. The van der Waals surface area contributed by atoms with Gasteiger partial charge in [-0.1, -0.05) is 6.07 Å². The van der Waals surface area contributed by atoms with Gasteiger partial charge in [0.2, 0.25) is 0 Å². The normalized spacial score (nSPS) is 11.4. The van der Waals surface area contributed by atoms with Crippen LogP contribution in [0.25, 0.3) is 0 Å². The molecule has 3 nitrogen and oxygen atoms in total. The predicted octanol–water partition coefficient (Wildman–Crippen LogP) is 2.98. The van der Waals surface area contributed by atoms with Gasteiger partial charge in [-0.2, -0.15) is 0 Å². The van der Waals surface area contributed by atoms with Crippen LogP contribution in [-0.4, -0.2) is 18.2 Å². The van der Waals surface area contributed by atoms with E-state index in [9.17, 15) is 9.90 Å². The zero-order chi connectivity index (χ0) is 13.4. The molecule has 94 valence electrons. The number of aryl methyl sites for hydroxylation is 1. The maximum absolute atomic E-state index is 11.3. The molecule has 3 heteroatoms. The van der Waals surface area contributed by atoms with Crippen molar-refractivity contribution in [2.45, 2.75) is 40.0 Å². The van der Waals surface area contributed by atoms with Crippen LogP contribution in [0, 0.1) is 20.8 Å². The molecule has 17 heavy (non-hydrogen) atoms. The SMILES string of the molecule is COc1c(C)cc(C(C)(C)C(=O)O)c(C)c1C. The number of aliphatic carboxylic acids is 1. The van der Waals surface area contributed by atoms with Crippen LogP contribution < -0.4 is 4.74 Å². The maximum atomic E-state index is 11.3. The molecule has 0 radical (unpaired) electrons. The van der Waals surface area contributed by atoms with E-state index in [1.807, 2.05) is 26.8 Å². The Balaban J connectivity index is 3.53. The molecular formula is C14H20O3. The van der Waals surface area contributed by atoms with E-state index in [1.54, 1.807) is 21.0 Å². The van der Waals surface area contributed by atoms with Crippen molar-refractivity contribution in [3.63, 3.8) is 0 Å². The number of hydrogen-bond donors (Lipinski definition) is 1. The van der Waals surface area contributed by atoms with Crippen LogP contribution in [0.3, 0.4) is 0 Å². The summed E-state index contributed by atoms with van der Waals surface area (Å²) in [6.07, 6.45) is 0. The van der Waals surface area contributed by atoms with Gasteiger partial charge in [0.1, 0.15) is 5.75 Å². The van der Waals surface area contributed by atoms with Gasteiger partial charge in [0.15, 0.2) is 0 Å². The quantitative estimate of drug-likeness (QED) is 0.877. The van der Waals surface area contributed by atoms with Gasteiger partial charge in [-0.15, -0.1) is 0 Å². The van der Waals surface area contributed by atoms with E-state index >= 15 is 0 Å². The molecule has 0 spiro atoms. The van der Waals surface area contributed by atoms with Gasteiger partial charge in [-0.3, -0.25) is 4.79 Å². The number of carbonyl (C=O) groups is 1. The standard InChI is InChI=1S/C14H20O3/c1-8-7-11(14(4,5)13(15)16)9(2)10(3)12(8)17-6/h7H,1-6H3,(H,15,16). The van der Waals surface area contributed by atoms with Crippen LogP contribution in [0.15, 0.2) is 6.07 Å². The molecule has 1 rings (SSSR count). The number of hydrogen-bond acceptors (Lipinski definition) is 2. The Kier molecular flexibility index (Phi) is 3.51. The second-order valence-corrected chi connectivity index (χ2v) is 4.95. The first-order chi connectivity index (χ1) is 7.73. The molecule has 0 fully saturated rings. The van der Waals surface area contributed by atoms with E-state index in [4.69, 9.17) is 4.74 Å². The second kappa shape index (κ2) is 4.40. The van der Waals surface area contributed by atoms with Gasteiger partial charge in [0.25, 0.3) is 0 Å². The Bertz CT molecular complexity index is 459. The lowest BCUT2D eigenvalue weighted by Gasteiger charge is -2.25. The van der Waals surface area contributed by atoms with Crippen molar-refractivity contribution in [2.24, 2.45) is 0 Å². The monoisotopic (exact) mass is 236 g/mol. The van der Waals surface area contributed by atoms with Crippen molar-refractivity contribution in [3.05, 3.63) is 28.3 Å². The van der Waals surface area contributed by atoms with Crippen LogP contribution in [-0.2, 0) is 10.2 Å². The van der Waals surface area contributed by atoms with Gasteiger partial charge >= 0.3 is 5.97 Å². The van der Waals surface area contributed by atoms with Crippen molar-refractivity contribution in [1.29, 1.82) is 0 Å². The fourth-order valence-corrected chi connectivity index (χ4v) is 2.14. The minimum atomic E-state index is -0.883. The van der Waals surface area contributed by atoms with E-state index in [2.05, 4.69) is 0 Å². The molecule has 0 amide bonds. The van der Waals surface area contributed by atoms with Crippen LogP contribution in [0.2, 0.25) is 0 Å². The summed E-state index contributed by atoms with van der Waals surface area (Å²) in [4.78, 5) is 11.3. The van der Waals surface area contributed by atoms with Crippen molar-refractivity contribution in [3.8, 4) is 5.75 Å². The molecule has 0 atom stereocenters. The van der Waals surface area contributed by atoms with E-state index in [1.165, 1.54) is 0 Å². The number of carboxylic acid groups (broad SMARTS) is 1. The van der Waals surface area contributed by atoms with Crippen LogP contribution >= 0.6 is 0 Å². The summed E-state index contributed by atoms with van der Waals surface area (Å²) in [5.74, 6) is 0.0250. The van der Waals surface area contributed by atoms with E-state index in [0.717, 1.165) is 28.0 Å². The highest BCUT2D eigenvalue weighted by atomic mass is 16.5. The third-order valence-corrected chi connectivity index (χ3v) is 3.44. The topological polar surface area (TPSA) is 46.5 Å². The number of rotatable bonds is 3. The molecule has 0 saturated heterocycles. The van der Waals surface area contributed by atoms with Crippen LogP contribution in [0.4, 0.5) is 0 Å². The Morgan fingerprint density at radius 1 is 1.24 bits per heavy atom. The maximum Gasteiger partial charge on any atom is 0.313 e. The van der Waals surface area contributed by atoms with Crippen LogP contribution in [0.1, 0.15) is 36.1 Å². The first-order valence-electron chi connectivity index (χ1n) is 5.62. The smallest absolute Gasteiger partial charge is 0.313 e. The average molecular weight is 236 g/mol. The third kappa shape index (κ3) is 2.14. The molecule has 1 N–H and O–H groups in total. The second-order valence-electron chi connectivity index (χ2n) is 4.95. The molecule has 0 aliphatic heterocycles. The summed E-state index contributed by atoms with van der Waals surface area (Å²) < 4.78 is 5.34. The number of ether oxygens (including phenoxy) is 1. The number of benzene rings is 1. The molecule has 0 bridgehead atoms. The summed E-state index contributed by atoms with van der Waals surface area (Å²) in [6.45, 7) is 9.29. The largest absolute Gasteiger partial charge is 0.496 e. The minimum absolute atomic E-state index is 0.815. The van der Waals surface area contributed by atoms with Gasteiger partial charge in [0, 0.05) is 0 Å². The van der Waals surface area contributed by atoms with Crippen molar-refractivity contribution in [1.82, 2.24) is 0 Å². The summed E-state index contributed by atoms with van der Waals surface area (Å²) in [5.41, 5.74) is 2.93.